The number of carbonyl (C=O) groups excluding carboxylic acids is 1. The van der Waals surface area contributed by atoms with E-state index < -0.39 is 15.9 Å². The van der Waals surface area contributed by atoms with Crippen LogP contribution in [0.1, 0.15) is 25.3 Å². The highest BCUT2D eigenvalue weighted by atomic mass is 32.2. The van der Waals surface area contributed by atoms with Gasteiger partial charge in [0, 0.05) is 0 Å². The number of phenols is 1. The second-order valence-electron chi connectivity index (χ2n) is 7.51. The number of carbonyl (C=O) groups is 1. The van der Waals surface area contributed by atoms with Crippen molar-refractivity contribution in [1.29, 1.82) is 0 Å². The van der Waals surface area contributed by atoms with Crippen molar-refractivity contribution in [3.05, 3.63) is 72.3 Å². The van der Waals surface area contributed by atoms with Crippen LogP contribution in [-0.2, 0) is 14.8 Å². The van der Waals surface area contributed by atoms with Gasteiger partial charge in [0.1, 0.15) is 17.2 Å². The maximum Gasteiger partial charge on any atom is 0.262 e. The molecule has 0 fully saturated rings. The lowest BCUT2D eigenvalue weighted by molar-refractivity contribution is -0.118. The monoisotopic (exact) mass is 470 g/mol. The summed E-state index contributed by atoms with van der Waals surface area (Å²) in [5.74, 6) is 0.334. The first-order valence-corrected chi connectivity index (χ1v) is 11.7. The number of sulfonamides is 1. The first-order chi connectivity index (χ1) is 15.7. The Balaban J connectivity index is 1.74. The highest BCUT2D eigenvalue weighted by Crippen LogP contribution is 2.30. The van der Waals surface area contributed by atoms with Gasteiger partial charge < -0.3 is 19.9 Å². The van der Waals surface area contributed by atoms with Crippen LogP contribution in [0, 0.1) is 0 Å². The maximum atomic E-state index is 12.8. The number of nitrogens with one attached hydrogen (secondary N) is 2. The third-order valence-electron chi connectivity index (χ3n) is 4.80. The molecule has 3 aromatic rings. The Bertz CT molecular complexity index is 1240. The topological polar surface area (TPSA) is 114 Å². The number of ether oxygens (including phenoxy) is 2. The van der Waals surface area contributed by atoms with Crippen LogP contribution in [0.4, 0.5) is 11.4 Å². The largest absolute Gasteiger partial charge is 0.506 e. The van der Waals surface area contributed by atoms with E-state index in [1.165, 1.54) is 25.3 Å². The van der Waals surface area contributed by atoms with Gasteiger partial charge in [0.25, 0.3) is 15.9 Å². The molecule has 0 spiro atoms. The van der Waals surface area contributed by atoms with Crippen LogP contribution in [-0.4, -0.2) is 33.1 Å². The Morgan fingerprint density at radius 3 is 2.33 bits per heavy atom. The van der Waals surface area contributed by atoms with Gasteiger partial charge in [0.15, 0.2) is 6.61 Å². The highest BCUT2D eigenvalue weighted by Gasteiger charge is 2.19. The lowest BCUT2D eigenvalue weighted by Gasteiger charge is -2.15. The van der Waals surface area contributed by atoms with Gasteiger partial charge in [-0.25, -0.2) is 8.42 Å². The van der Waals surface area contributed by atoms with Crippen molar-refractivity contribution in [2.24, 2.45) is 0 Å². The molecule has 0 unspecified atom stereocenters. The average Bonchev–Trinajstić information content (AvgIpc) is 2.79. The summed E-state index contributed by atoms with van der Waals surface area (Å²) in [7, 11) is -2.58. The Morgan fingerprint density at radius 1 is 0.970 bits per heavy atom. The van der Waals surface area contributed by atoms with Gasteiger partial charge in [-0.05, 0) is 47.9 Å². The second kappa shape index (κ2) is 10.3. The SMILES string of the molecule is COc1ccccc1NS(=O)(=O)c1ccc(O)c(NC(=O)COc2ccccc2C(C)C)c1. The van der Waals surface area contributed by atoms with E-state index in [4.69, 9.17) is 9.47 Å². The van der Waals surface area contributed by atoms with Gasteiger partial charge in [-0.15, -0.1) is 0 Å². The van der Waals surface area contributed by atoms with E-state index in [0.717, 1.165) is 5.56 Å². The van der Waals surface area contributed by atoms with Crippen molar-refractivity contribution in [2.45, 2.75) is 24.7 Å². The molecule has 0 heterocycles. The molecule has 0 aliphatic rings. The summed E-state index contributed by atoms with van der Waals surface area (Å²) in [6.45, 7) is 3.73. The molecule has 8 nitrogen and oxygen atoms in total. The minimum absolute atomic E-state index is 0.0522. The number of methoxy groups -OCH3 is 1. The number of aromatic hydroxyl groups is 1. The molecule has 9 heteroatoms. The zero-order chi connectivity index (χ0) is 24.0. The molecular weight excluding hydrogens is 444 g/mol. The zero-order valence-corrected chi connectivity index (χ0v) is 19.3. The van der Waals surface area contributed by atoms with Gasteiger partial charge in [-0.3, -0.25) is 9.52 Å². The number of phenolic OH excluding ortho intramolecular Hbond substituents is 1. The fourth-order valence-corrected chi connectivity index (χ4v) is 4.23. The minimum Gasteiger partial charge on any atom is -0.506 e. The third kappa shape index (κ3) is 5.95. The normalized spacial score (nSPS) is 11.2. The molecular formula is C24H26N2O6S. The zero-order valence-electron chi connectivity index (χ0n) is 18.5. The van der Waals surface area contributed by atoms with E-state index in [1.807, 2.05) is 32.0 Å². The first-order valence-electron chi connectivity index (χ1n) is 10.2. The number of amides is 1. The van der Waals surface area contributed by atoms with Crippen molar-refractivity contribution in [2.75, 3.05) is 23.8 Å². The minimum atomic E-state index is -4.02. The summed E-state index contributed by atoms with van der Waals surface area (Å²) in [5.41, 5.74) is 1.17. The number of hydrogen-bond acceptors (Lipinski definition) is 6. The summed E-state index contributed by atoms with van der Waals surface area (Å²) < 4.78 is 38.9. The van der Waals surface area contributed by atoms with Gasteiger partial charge >= 0.3 is 0 Å². The molecule has 0 bridgehead atoms. The summed E-state index contributed by atoms with van der Waals surface area (Å²) in [5, 5.41) is 12.6. The molecule has 0 radical (unpaired) electrons. The molecule has 0 saturated carbocycles. The van der Waals surface area contributed by atoms with E-state index in [9.17, 15) is 18.3 Å². The molecule has 1 amide bonds. The summed E-state index contributed by atoms with van der Waals surface area (Å²) in [4.78, 5) is 12.3. The number of para-hydroxylation sites is 3. The smallest absolute Gasteiger partial charge is 0.262 e. The number of benzene rings is 3. The van der Waals surface area contributed by atoms with Gasteiger partial charge in [-0.1, -0.05) is 44.2 Å². The molecule has 0 aliphatic heterocycles. The average molecular weight is 471 g/mol. The van der Waals surface area contributed by atoms with E-state index in [1.54, 1.807) is 30.3 Å². The second-order valence-corrected chi connectivity index (χ2v) is 9.20. The Labute approximate surface area is 193 Å². The fourth-order valence-electron chi connectivity index (χ4n) is 3.13. The van der Waals surface area contributed by atoms with Crippen molar-refractivity contribution in [3.8, 4) is 17.2 Å². The van der Waals surface area contributed by atoms with Gasteiger partial charge in [0.05, 0.1) is 23.4 Å². The molecule has 3 aromatic carbocycles. The van der Waals surface area contributed by atoms with Crippen LogP contribution in [0.5, 0.6) is 17.2 Å². The Morgan fingerprint density at radius 2 is 1.64 bits per heavy atom. The summed E-state index contributed by atoms with van der Waals surface area (Å²) in [6.07, 6.45) is 0. The van der Waals surface area contributed by atoms with Crippen LogP contribution < -0.4 is 19.5 Å². The van der Waals surface area contributed by atoms with Crippen molar-refractivity contribution in [1.82, 2.24) is 0 Å². The van der Waals surface area contributed by atoms with E-state index in [0.29, 0.717) is 11.5 Å². The standard InChI is InChI=1S/C24H26N2O6S/c1-16(2)18-8-4-6-10-22(18)32-15-24(28)25-20-14-17(12-13-21(20)27)33(29,30)26-19-9-5-7-11-23(19)31-3/h4-14,16,26-27H,15H2,1-3H3,(H,25,28). The highest BCUT2D eigenvalue weighted by molar-refractivity contribution is 7.92. The van der Waals surface area contributed by atoms with Gasteiger partial charge in [0.2, 0.25) is 0 Å². The van der Waals surface area contributed by atoms with E-state index in [2.05, 4.69) is 10.0 Å². The van der Waals surface area contributed by atoms with Crippen LogP contribution in [0.3, 0.4) is 0 Å². The molecule has 0 atom stereocenters. The molecule has 0 aliphatic carbocycles. The first kappa shape index (κ1) is 23.9. The lowest BCUT2D eigenvalue weighted by Crippen LogP contribution is -2.21. The lowest BCUT2D eigenvalue weighted by atomic mass is 10.0. The van der Waals surface area contributed by atoms with Crippen molar-refractivity contribution in [3.63, 3.8) is 0 Å². The van der Waals surface area contributed by atoms with Crippen molar-refractivity contribution >= 4 is 27.3 Å². The molecule has 3 rings (SSSR count). The van der Waals surface area contributed by atoms with Crippen LogP contribution in [0.2, 0.25) is 0 Å². The molecule has 3 N–H and O–H groups in total. The Kier molecular flexibility index (Phi) is 7.44. The van der Waals surface area contributed by atoms with E-state index in [-0.39, 0.29) is 34.5 Å². The van der Waals surface area contributed by atoms with Crippen LogP contribution >= 0.6 is 0 Å². The van der Waals surface area contributed by atoms with Gasteiger partial charge in [-0.2, -0.15) is 0 Å². The molecule has 174 valence electrons. The van der Waals surface area contributed by atoms with Crippen molar-refractivity contribution < 1.29 is 27.8 Å². The van der Waals surface area contributed by atoms with Crippen LogP contribution in [0.15, 0.2) is 71.6 Å². The quantitative estimate of drug-likeness (QED) is 0.401. The van der Waals surface area contributed by atoms with Crippen LogP contribution in [0.25, 0.3) is 0 Å². The summed E-state index contributed by atoms with van der Waals surface area (Å²) >= 11 is 0. The Hall–Kier alpha value is -3.72. The number of rotatable bonds is 9. The van der Waals surface area contributed by atoms with E-state index >= 15 is 0 Å². The predicted octanol–water partition coefficient (Wildman–Crippen LogP) is 4.34. The number of hydrogen-bond donors (Lipinski definition) is 3. The predicted molar refractivity (Wildman–Crippen MR) is 127 cm³/mol. The molecule has 0 aromatic heterocycles. The molecule has 0 saturated heterocycles. The molecule has 33 heavy (non-hydrogen) atoms. The third-order valence-corrected chi connectivity index (χ3v) is 6.17. The summed E-state index contributed by atoms with van der Waals surface area (Å²) in [6, 6.07) is 17.6. The fraction of sp³-hybridized carbons (Fsp3) is 0.208. The maximum absolute atomic E-state index is 12.8. The number of anilines is 2.